The highest BCUT2D eigenvalue weighted by atomic mass is 16.6. The Labute approximate surface area is 169 Å². The van der Waals surface area contributed by atoms with Crippen molar-refractivity contribution in [2.24, 2.45) is 15.7 Å². The average Bonchev–Trinajstić information content (AvgIpc) is 3.09. The third-order valence-electron chi connectivity index (χ3n) is 4.82. The number of piperazine rings is 1. The maximum absolute atomic E-state index is 12.2. The van der Waals surface area contributed by atoms with Crippen molar-refractivity contribution in [1.82, 2.24) is 14.8 Å². The van der Waals surface area contributed by atoms with Crippen LogP contribution in [0.3, 0.4) is 0 Å². The first-order valence-electron chi connectivity index (χ1n) is 9.43. The van der Waals surface area contributed by atoms with Crippen molar-refractivity contribution in [3.63, 3.8) is 0 Å². The number of nitrogens with zero attached hydrogens (tertiary/aromatic N) is 5. The minimum atomic E-state index is -0.429. The fourth-order valence-corrected chi connectivity index (χ4v) is 3.19. The number of cyclic esters (lactones) is 1. The minimum Gasteiger partial charge on any atom is -0.402 e. The lowest BCUT2D eigenvalue weighted by Crippen LogP contribution is -2.49. The molecule has 0 spiro atoms. The van der Waals surface area contributed by atoms with E-state index in [0.717, 1.165) is 11.1 Å². The number of hydrogen-bond donors (Lipinski definition) is 1. The lowest BCUT2D eigenvalue weighted by Gasteiger charge is -2.34. The SMILES string of the molecule is Cc1ccccc1C1=NC(=CN2CCN(C(N)=Nc3ccccn3)CC2)C(=O)O1. The van der Waals surface area contributed by atoms with Crippen LogP contribution in [0, 0.1) is 6.92 Å². The van der Waals surface area contributed by atoms with Crippen LogP contribution in [0.2, 0.25) is 0 Å². The van der Waals surface area contributed by atoms with Crippen LogP contribution < -0.4 is 5.73 Å². The molecule has 8 heteroatoms. The Hall–Kier alpha value is -3.68. The topological polar surface area (TPSA) is 96.4 Å². The van der Waals surface area contributed by atoms with Gasteiger partial charge in [-0.25, -0.2) is 14.8 Å². The number of carbonyl (C=O) groups is 1. The summed E-state index contributed by atoms with van der Waals surface area (Å²) in [7, 11) is 0. The molecule has 1 fully saturated rings. The van der Waals surface area contributed by atoms with Crippen LogP contribution in [0.15, 0.2) is 70.5 Å². The minimum absolute atomic E-state index is 0.312. The second-order valence-corrected chi connectivity index (χ2v) is 6.82. The molecular weight excluding hydrogens is 368 g/mol. The van der Waals surface area contributed by atoms with E-state index < -0.39 is 5.97 Å². The van der Waals surface area contributed by atoms with Gasteiger partial charge in [-0.1, -0.05) is 24.3 Å². The number of benzene rings is 1. The van der Waals surface area contributed by atoms with Crippen molar-refractivity contribution >= 4 is 23.6 Å². The zero-order chi connectivity index (χ0) is 20.2. The summed E-state index contributed by atoms with van der Waals surface area (Å²) in [5, 5.41) is 0. The normalized spacial score (nSPS) is 18.8. The Kier molecular flexibility index (Phi) is 5.24. The van der Waals surface area contributed by atoms with Gasteiger partial charge in [0.25, 0.3) is 0 Å². The molecule has 0 radical (unpaired) electrons. The molecule has 3 heterocycles. The lowest BCUT2D eigenvalue weighted by atomic mass is 10.1. The summed E-state index contributed by atoms with van der Waals surface area (Å²) in [6.07, 6.45) is 3.44. The third kappa shape index (κ3) is 4.26. The van der Waals surface area contributed by atoms with Gasteiger partial charge in [-0.2, -0.15) is 4.99 Å². The molecule has 1 saturated heterocycles. The van der Waals surface area contributed by atoms with Crippen LogP contribution in [0.25, 0.3) is 0 Å². The summed E-state index contributed by atoms with van der Waals surface area (Å²) in [6.45, 7) is 4.74. The fraction of sp³-hybridized carbons (Fsp3) is 0.238. The molecule has 1 aromatic carbocycles. The zero-order valence-electron chi connectivity index (χ0n) is 16.2. The van der Waals surface area contributed by atoms with Gasteiger partial charge in [0.05, 0.1) is 0 Å². The van der Waals surface area contributed by atoms with Crippen molar-refractivity contribution in [1.29, 1.82) is 0 Å². The third-order valence-corrected chi connectivity index (χ3v) is 4.82. The molecule has 1 aromatic heterocycles. The van der Waals surface area contributed by atoms with Crippen LogP contribution in [-0.2, 0) is 9.53 Å². The summed E-state index contributed by atoms with van der Waals surface area (Å²) < 4.78 is 5.37. The number of aliphatic imine (C=N–C) groups is 2. The summed E-state index contributed by atoms with van der Waals surface area (Å²) in [5.41, 5.74) is 8.26. The molecule has 0 bridgehead atoms. The van der Waals surface area contributed by atoms with E-state index in [2.05, 4.69) is 15.0 Å². The first kappa shape index (κ1) is 18.7. The average molecular weight is 390 g/mol. The van der Waals surface area contributed by atoms with Gasteiger partial charge < -0.3 is 20.3 Å². The molecule has 2 aromatic rings. The summed E-state index contributed by atoms with van der Waals surface area (Å²) in [4.78, 5) is 29.2. The van der Waals surface area contributed by atoms with E-state index in [1.54, 1.807) is 12.4 Å². The first-order chi connectivity index (χ1) is 14.1. The maximum Gasteiger partial charge on any atom is 0.365 e. The first-order valence-corrected chi connectivity index (χ1v) is 9.43. The number of carbonyl (C=O) groups excluding carboxylic acids is 1. The van der Waals surface area contributed by atoms with E-state index in [9.17, 15) is 4.79 Å². The smallest absolute Gasteiger partial charge is 0.365 e. The standard InChI is InChI=1S/C21H22N6O2/c1-15-6-2-3-7-16(15)19-24-17(20(28)29-19)14-26-10-12-27(13-11-26)21(22)25-18-8-4-5-9-23-18/h2-9,14H,10-13H2,1H3,(H2,22,23,25). The number of aryl methyl sites for hydroxylation is 1. The van der Waals surface area contributed by atoms with Gasteiger partial charge in [0, 0.05) is 44.1 Å². The molecule has 2 N–H and O–H groups in total. The second kappa shape index (κ2) is 8.14. The molecule has 4 rings (SSSR count). The number of ether oxygens (including phenoxy) is 1. The number of rotatable bonds is 3. The Morgan fingerprint density at radius 1 is 1.14 bits per heavy atom. The van der Waals surface area contributed by atoms with Gasteiger partial charge in [-0.3, -0.25) is 0 Å². The van der Waals surface area contributed by atoms with Gasteiger partial charge >= 0.3 is 5.97 Å². The predicted octanol–water partition coefficient (Wildman–Crippen LogP) is 1.80. The molecule has 0 unspecified atom stereocenters. The summed E-state index contributed by atoms with van der Waals surface area (Å²) in [5.74, 6) is 0.948. The number of guanidine groups is 1. The summed E-state index contributed by atoms with van der Waals surface area (Å²) in [6, 6.07) is 13.2. The van der Waals surface area contributed by atoms with Gasteiger partial charge in [0.15, 0.2) is 17.5 Å². The number of hydrogen-bond acceptors (Lipinski definition) is 6. The summed E-state index contributed by atoms with van der Waals surface area (Å²) >= 11 is 0. The Morgan fingerprint density at radius 2 is 1.90 bits per heavy atom. The monoisotopic (exact) mass is 390 g/mol. The zero-order valence-corrected chi connectivity index (χ0v) is 16.2. The molecule has 0 amide bonds. The van der Waals surface area contributed by atoms with Gasteiger partial charge in [-0.15, -0.1) is 0 Å². The highest BCUT2D eigenvalue weighted by Gasteiger charge is 2.26. The van der Waals surface area contributed by atoms with E-state index in [4.69, 9.17) is 10.5 Å². The van der Waals surface area contributed by atoms with Gasteiger partial charge in [0.2, 0.25) is 5.90 Å². The second-order valence-electron chi connectivity index (χ2n) is 6.82. The van der Waals surface area contributed by atoms with Crippen LogP contribution >= 0.6 is 0 Å². The predicted molar refractivity (Wildman–Crippen MR) is 111 cm³/mol. The molecule has 148 valence electrons. The van der Waals surface area contributed by atoms with Crippen molar-refractivity contribution in [3.8, 4) is 0 Å². The molecule has 0 atom stereocenters. The van der Waals surface area contributed by atoms with E-state index in [1.807, 2.05) is 59.2 Å². The number of aromatic nitrogens is 1. The highest BCUT2D eigenvalue weighted by Crippen LogP contribution is 2.19. The quantitative estimate of drug-likeness (QED) is 0.372. The van der Waals surface area contributed by atoms with Crippen molar-refractivity contribution in [2.45, 2.75) is 6.92 Å². The molecule has 8 nitrogen and oxygen atoms in total. The van der Waals surface area contributed by atoms with Gasteiger partial charge in [0.1, 0.15) is 0 Å². The van der Waals surface area contributed by atoms with Crippen molar-refractivity contribution < 1.29 is 9.53 Å². The molecule has 29 heavy (non-hydrogen) atoms. The Morgan fingerprint density at radius 3 is 2.62 bits per heavy atom. The molecule has 0 saturated carbocycles. The molecule has 2 aliphatic rings. The number of pyridine rings is 1. The van der Waals surface area contributed by atoms with E-state index in [0.29, 0.717) is 49.6 Å². The highest BCUT2D eigenvalue weighted by molar-refractivity contribution is 6.11. The van der Waals surface area contributed by atoms with Crippen molar-refractivity contribution in [3.05, 3.63) is 71.7 Å². The van der Waals surface area contributed by atoms with Crippen LogP contribution in [0.4, 0.5) is 5.82 Å². The van der Waals surface area contributed by atoms with Crippen LogP contribution in [0.1, 0.15) is 11.1 Å². The molecule has 2 aliphatic heterocycles. The lowest BCUT2D eigenvalue weighted by molar-refractivity contribution is -0.130. The van der Waals surface area contributed by atoms with E-state index in [1.165, 1.54) is 0 Å². The molecular formula is C21H22N6O2. The molecule has 0 aliphatic carbocycles. The number of esters is 1. The van der Waals surface area contributed by atoms with Crippen LogP contribution in [-0.4, -0.2) is 58.8 Å². The van der Waals surface area contributed by atoms with Crippen LogP contribution in [0.5, 0.6) is 0 Å². The largest absolute Gasteiger partial charge is 0.402 e. The Balaban J connectivity index is 1.41. The fourth-order valence-electron chi connectivity index (χ4n) is 3.19. The van der Waals surface area contributed by atoms with Gasteiger partial charge in [-0.05, 0) is 30.7 Å². The van der Waals surface area contributed by atoms with Crippen molar-refractivity contribution in [2.75, 3.05) is 26.2 Å². The van der Waals surface area contributed by atoms with E-state index in [-0.39, 0.29) is 0 Å². The van der Waals surface area contributed by atoms with E-state index >= 15 is 0 Å². The number of nitrogens with two attached hydrogens (primary N) is 1. The Bertz CT molecular complexity index is 991. The maximum atomic E-state index is 12.2.